The highest BCUT2D eigenvalue weighted by Crippen LogP contribution is 2.10. The molecule has 2 N–H and O–H groups in total. The number of nitrogens with one attached hydrogen (secondary N) is 1. The lowest BCUT2D eigenvalue weighted by Gasteiger charge is -2.17. The summed E-state index contributed by atoms with van der Waals surface area (Å²) in [5.41, 5.74) is -0.180. The Morgan fingerprint density at radius 1 is 1.40 bits per heavy atom. The number of rotatable bonds is 5. The van der Waals surface area contributed by atoms with Gasteiger partial charge in [-0.2, -0.15) is 0 Å². The molecule has 0 aliphatic heterocycles. The number of amides is 1. The Morgan fingerprint density at radius 3 is 2.45 bits per heavy atom. The summed E-state index contributed by atoms with van der Waals surface area (Å²) in [5, 5.41) is 8.60. The van der Waals surface area contributed by atoms with E-state index in [-0.39, 0.29) is 24.4 Å². The van der Waals surface area contributed by atoms with Gasteiger partial charge in [0.25, 0.3) is 11.5 Å². The smallest absolute Gasteiger partial charge is 0.305 e. The van der Waals surface area contributed by atoms with E-state index >= 15 is 0 Å². The summed E-state index contributed by atoms with van der Waals surface area (Å²) in [6.45, 7) is 5.41. The van der Waals surface area contributed by atoms with E-state index in [0.29, 0.717) is 11.5 Å². The van der Waals surface area contributed by atoms with Crippen molar-refractivity contribution in [2.24, 2.45) is 0 Å². The van der Waals surface area contributed by atoms with E-state index in [4.69, 9.17) is 5.11 Å². The molecule has 0 unspecified atom stereocenters. The van der Waals surface area contributed by atoms with Crippen LogP contribution in [0.2, 0.25) is 0 Å². The molecule has 0 aromatic carbocycles. The van der Waals surface area contributed by atoms with E-state index in [1.165, 1.54) is 11.9 Å². The van der Waals surface area contributed by atoms with Crippen LogP contribution in [0.25, 0.3) is 0 Å². The van der Waals surface area contributed by atoms with Gasteiger partial charge in [-0.05, 0) is 6.92 Å². The first-order valence-corrected chi connectivity index (χ1v) is 6.32. The molecule has 0 bridgehead atoms. The molecule has 0 fully saturated rings. The van der Waals surface area contributed by atoms with Crippen molar-refractivity contribution in [1.82, 2.24) is 14.9 Å². The Balaban J connectivity index is 3.05. The van der Waals surface area contributed by atoms with Crippen molar-refractivity contribution in [3.8, 4) is 0 Å². The van der Waals surface area contributed by atoms with Crippen LogP contribution in [0.1, 0.15) is 48.1 Å². The predicted molar refractivity (Wildman–Crippen MR) is 72.9 cm³/mol. The number of carboxylic acids is 1. The van der Waals surface area contributed by atoms with Crippen LogP contribution >= 0.6 is 0 Å². The minimum atomic E-state index is -0.997. The Morgan fingerprint density at radius 2 is 2.00 bits per heavy atom. The van der Waals surface area contributed by atoms with E-state index in [1.807, 2.05) is 13.8 Å². The van der Waals surface area contributed by atoms with Crippen LogP contribution in [0.15, 0.2) is 4.79 Å². The quantitative estimate of drug-likeness (QED) is 0.828. The molecule has 0 radical (unpaired) electrons. The summed E-state index contributed by atoms with van der Waals surface area (Å²) >= 11 is 0. The topological polar surface area (TPSA) is 103 Å². The molecule has 0 aliphatic carbocycles. The molecule has 1 rings (SSSR count). The second-order valence-corrected chi connectivity index (χ2v) is 4.94. The lowest BCUT2D eigenvalue weighted by molar-refractivity contribution is -0.137. The van der Waals surface area contributed by atoms with Crippen molar-refractivity contribution >= 4 is 11.9 Å². The predicted octanol–water partition coefficient (Wildman–Crippen LogP) is 0.748. The van der Waals surface area contributed by atoms with Gasteiger partial charge in [-0.1, -0.05) is 13.8 Å². The second-order valence-electron chi connectivity index (χ2n) is 4.94. The van der Waals surface area contributed by atoms with E-state index in [2.05, 4.69) is 9.97 Å². The number of aromatic amines is 1. The van der Waals surface area contributed by atoms with Crippen molar-refractivity contribution in [1.29, 1.82) is 0 Å². The van der Waals surface area contributed by atoms with Gasteiger partial charge in [0.1, 0.15) is 11.4 Å². The SMILES string of the molecule is Cc1nc(C(C)C)[nH]c(=O)c1C(=O)N(C)CCC(=O)O. The zero-order chi connectivity index (χ0) is 15.4. The first kappa shape index (κ1) is 15.9. The van der Waals surface area contributed by atoms with Crippen LogP contribution in [0, 0.1) is 6.92 Å². The van der Waals surface area contributed by atoms with Crippen LogP contribution < -0.4 is 5.56 Å². The summed E-state index contributed by atoms with van der Waals surface area (Å²) in [6.07, 6.45) is -0.170. The van der Waals surface area contributed by atoms with Crippen LogP contribution in [-0.2, 0) is 4.79 Å². The Labute approximate surface area is 116 Å². The normalized spacial score (nSPS) is 10.7. The second kappa shape index (κ2) is 6.31. The highest BCUT2D eigenvalue weighted by atomic mass is 16.4. The van der Waals surface area contributed by atoms with Crippen LogP contribution in [0.5, 0.6) is 0 Å². The average molecular weight is 281 g/mol. The third kappa shape index (κ3) is 3.66. The van der Waals surface area contributed by atoms with Gasteiger partial charge in [-0.15, -0.1) is 0 Å². The van der Waals surface area contributed by atoms with Crippen molar-refractivity contribution < 1.29 is 14.7 Å². The van der Waals surface area contributed by atoms with Gasteiger partial charge in [-0.25, -0.2) is 4.98 Å². The molecule has 20 heavy (non-hydrogen) atoms. The molecule has 7 nitrogen and oxygen atoms in total. The van der Waals surface area contributed by atoms with Crippen molar-refractivity contribution in [2.75, 3.05) is 13.6 Å². The van der Waals surface area contributed by atoms with Crippen LogP contribution in [0.3, 0.4) is 0 Å². The molecular formula is C13H19N3O4. The lowest BCUT2D eigenvalue weighted by atomic mass is 10.1. The summed E-state index contributed by atoms with van der Waals surface area (Å²) < 4.78 is 0. The molecule has 0 saturated heterocycles. The fraction of sp³-hybridized carbons (Fsp3) is 0.538. The molecule has 0 spiro atoms. The Hall–Kier alpha value is -2.18. The van der Waals surface area contributed by atoms with Gasteiger partial charge in [0.2, 0.25) is 0 Å². The summed E-state index contributed by atoms with van der Waals surface area (Å²) in [4.78, 5) is 42.7. The van der Waals surface area contributed by atoms with E-state index in [9.17, 15) is 14.4 Å². The standard InChI is InChI=1S/C13H19N3O4/c1-7(2)11-14-8(3)10(12(19)15-11)13(20)16(4)6-5-9(17)18/h7H,5-6H2,1-4H3,(H,17,18)(H,14,15,19). The molecule has 0 atom stereocenters. The summed E-state index contributed by atoms with van der Waals surface area (Å²) in [5.74, 6) is -0.941. The Bertz CT molecular complexity index is 577. The summed E-state index contributed by atoms with van der Waals surface area (Å²) in [7, 11) is 1.46. The monoisotopic (exact) mass is 281 g/mol. The van der Waals surface area contributed by atoms with Crippen molar-refractivity contribution in [3.63, 3.8) is 0 Å². The van der Waals surface area contributed by atoms with Gasteiger partial charge in [0, 0.05) is 19.5 Å². The number of carboxylic acid groups (broad SMARTS) is 1. The third-order valence-corrected chi connectivity index (χ3v) is 2.89. The fourth-order valence-corrected chi connectivity index (χ4v) is 1.69. The van der Waals surface area contributed by atoms with Crippen molar-refractivity contribution in [2.45, 2.75) is 33.1 Å². The van der Waals surface area contributed by atoms with Gasteiger partial charge in [-0.3, -0.25) is 14.4 Å². The number of hydrogen-bond acceptors (Lipinski definition) is 4. The average Bonchev–Trinajstić information content (AvgIpc) is 2.34. The maximum Gasteiger partial charge on any atom is 0.305 e. The van der Waals surface area contributed by atoms with Crippen LogP contribution in [0.4, 0.5) is 0 Å². The number of carbonyl (C=O) groups excluding carboxylic acids is 1. The number of carbonyl (C=O) groups is 2. The van der Waals surface area contributed by atoms with E-state index in [0.717, 1.165) is 0 Å². The fourth-order valence-electron chi connectivity index (χ4n) is 1.69. The van der Waals surface area contributed by atoms with Gasteiger partial charge in [0.05, 0.1) is 12.1 Å². The first-order valence-electron chi connectivity index (χ1n) is 6.32. The minimum Gasteiger partial charge on any atom is -0.481 e. The Kier molecular flexibility index (Phi) is 5.01. The zero-order valence-corrected chi connectivity index (χ0v) is 12.1. The molecular weight excluding hydrogens is 262 g/mol. The highest BCUT2D eigenvalue weighted by Gasteiger charge is 2.20. The number of aryl methyl sites for hydroxylation is 1. The van der Waals surface area contributed by atoms with Crippen LogP contribution in [-0.4, -0.2) is 45.4 Å². The van der Waals surface area contributed by atoms with Crippen molar-refractivity contribution in [3.05, 3.63) is 27.4 Å². The molecule has 0 saturated carbocycles. The molecule has 1 aromatic heterocycles. The highest BCUT2D eigenvalue weighted by molar-refractivity contribution is 5.94. The number of aromatic nitrogens is 2. The molecule has 7 heteroatoms. The lowest BCUT2D eigenvalue weighted by Crippen LogP contribution is -2.35. The zero-order valence-electron chi connectivity index (χ0n) is 12.1. The molecule has 1 amide bonds. The maximum absolute atomic E-state index is 12.2. The van der Waals surface area contributed by atoms with Gasteiger partial charge < -0.3 is 15.0 Å². The summed E-state index contributed by atoms with van der Waals surface area (Å²) in [6, 6.07) is 0. The third-order valence-electron chi connectivity index (χ3n) is 2.89. The molecule has 110 valence electrons. The maximum atomic E-state index is 12.2. The minimum absolute atomic E-state index is 0.0395. The number of nitrogens with zero attached hydrogens (tertiary/aromatic N) is 2. The number of aliphatic carboxylic acids is 1. The number of H-pyrrole nitrogens is 1. The molecule has 1 heterocycles. The van der Waals surface area contributed by atoms with Gasteiger partial charge >= 0.3 is 5.97 Å². The molecule has 0 aliphatic rings. The van der Waals surface area contributed by atoms with E-state index < -0.39 is 17.4 Å². The number of hydrogen-bond donors (Lipinski definition) is 2. The van der Waals surface area contributed by atoms with E-state index in [1.54, 1.807) is 6.92 Å². The van der Waals surface area contributed by atoms with Gasteiger partial charge in [0.15, 0.2) is 0 Å². The first-order chi connectivity index (χ1) is 9.23. The largest absolute Gasteiger partial charge is 0.481 e. The molecule has 1 aromatic rings.